The molecule has 0 spiro atoms. The fraction of sp³-hybridized carbons (Fsp3) is 0.294. The Morgan fingerprint density at radius 2 is 1.05 bits per heavy atom. The molecule has 0 amide bonds. The SMILES string of the molecule is CP(C)c1ccccc1C(O)c1ccccc1P(C)C. The van der Waals surface area contributed by atoms with Crippen LogP contribution in [0.5, 0.6) is 0 Å². The minimum absolute atomic E-state index is 0.219. The van der Waals surface area contributed by atoms with Gasteiger partial charge in [-0.1, -0.05) is 64.4 Å². The van der Waals surface area contributed by atoms with Crippen molar-refractivity contribution < 1.29 is 5.11 Å². The highest BCUT2D eigenvalue weighted by Gasteiger charge is 2.19. The van der Waals surface area contributed by atoms with Gasteiger partial charge in [-0.05, 0) is 48.4 Å². The van der Waals surface area contributed by atoms with Gasteiger partial charge in [0.15, 0.2) is 0 Å². The summed E-state index contributed by atoms with van der Waals surface area (Å²) >= 11 is 0. The topological polar surface area (TPSA) is 20.2 Å². The maximum Gasteiger partial charge on any atom is 0.105 e. The minimum Gasteiger partial charge on any atom is -0.384 e. The summed E-state index contributed by atoms with van der Waals surface area (Å²) in [4.78, 5) is 0. The van der Waals surface area contributed by atoms with Crippen molar-refractivity contribution in [2.75, 3.05) is 26.7 Å². The fourth-order valence-corrected chi connectivity index (χ4v) is 4.61. The largest absolute Gasteiger partial charge is 0.384 e. The molecular weight excluding hydrogens is 282 g/mol. The van der Waals surface area contributed by atoms with Gasteiger partial charge >= 0.3 is 0 Å². The standard InChI is InChI=1S/C17H22OP2/c1-19(2)15-11-7-5-9-13(15)17(18)14-10-6-8-12-16(14)20(3)4/h5-12,17-18H,1-4H3. The van der Waals surface area contributed by atoms with E-state index >= 15 is 0 Å². The molecule has 0 aromatic heterocycles. The Bertz CT molecular complexity index is 527. The molecule has 0 saturated heterocycles. The molecule has 0 atom stereocenters. The lowest BCUT2D eigenvalue weighted by Crippen LogP contribution is -2.18. The quantitative estimate of drug-likeness (QED) is 0.857. The van der Waals surface area contributed by atoms with Crippen LogP contribution in [0.2, 0.25) is 0 Å². The first-order valence-electron chi connectivity index (χ1n) is 6.73. The zero-order chi connectivity index (χ0) is 14.7. The van der Waals surface area contributed by atoms with Crippen LogP contribution in [-0.4, -0.2) is 31.8 Å². The number of benzene rings is 2. The summed E-state index contributed by atoms with van der Waals surface area (Å²) < 4.78 is 0. The fourth-order valence-electron chi connectivity index (χ4n) is 2.42. The molecule has 0 fully saturated rings. The van der Waals surface area contributed by atoms with Crippen LogP contribution < -0.4 is 10.6 Å². The Morgan fingerprint density at radius 1 is 0.700 bits per heavy atom. The smallest absolute Gasteiger partial charge is 0.105 e. The van der Waals surface area contributed by atoms with E-state index in [4.69, 9.17) is 0 Å². The van der Waals surface area contributed by atoms with Crippen LogP contribution in [0.1, 0.15) is 17.2 Å². The molecule has 3 heteroatoms. The van der Waals surface area contributed by atoms with Gasteiger partial charge in [0.1, 0.15) is 6.10 Å². The normalized spacial score (nSPS) is 11.6. The molecule has 2 aromatic rings. The van der Waals surface area contributed by atoms with Crippen molar-refractivity contribution in [1.82, 2.24) is 0 Å². The summed E-state index contributed by atoms with van der Waals surface area (Å²) in [7, 11) is -0.438. The molecule has 0 radical (unpaired) electrons. The summed E-state index contributed by atoms with van der Waals surface area (Å²) in [6.07, 6.45) is -0.516. The summed E-state index contributed by atoms with van der Waals surface area (Å²) in [5, 5.41) is 13.5. The Morgan fingerprint density at radius 3 is 1.40 bits per heavy atom. The van der Waals surface area contributed by atoms with Crippen LogP contribution in [0.15, 0.2) is 48.5 Å². The molecule has 106 valence electrons. The Labute approximate surface area is 124 Å². The molecule has 0 saturated carbocycles. The average molecular weight is 304 g/mol. The minimum atomic E-state index is -0.516. The Kier molecular flexibility index (Phi) is 5.33. The van der Waals surface area contributed by atoms with E-state index in [1.54, 1.807) is 0 Å². The monoisotopic (exact) mass is 304 g/mol. The van der Waals surface area contributed by atoms with E-state index in [0.717, 1.165) is 11.1 Å². The van der Waals surface area contributed by atoms with Gasteiger partial charge in [0.2, 0.25) is 0 Å². The maximum absolute atomic E-state index is 10.9. The number of hydrogen-bond donors (Lipinski definition) is 1. The van der Waals surface area contributed by atoms with E-state index in [1.165, 1.54) is 10.6 Å². The molecule has 2 rings (SSSR count). The number of aliphatic hydroxyl groups excluding tert-OH is 1. The highest BCUT2D eigenvalue weighted by molar-refractivity contribution is 7.64. The summed E-state index contributed by atoms with van der Waals surface area (Å²) in [6, 6.07) is 16.6. The van der Waals surface area contributed by atoms with E-state index in [9.17, 15) is 5.11 Å². The van der Waals surface area contributed by atoms with Crippen LogP contribution in [0, 0.1) is 0 Å². The molecule has 2 aromatic carbocycles. The van der Waals surface area contributed by atoms with Gasteiger partial charge in [-0.15, -0.1) is 0 Å². The van der Waals surface area contributed by atoms with Crippen LogP contribution in [-0.2, 0) is 0 Å². The van der Waals surface area contributed by atoms with Gasteiger partial charge < -0.3 is 5.11 Å². The molecule has 0 heterocycles. The second-order valence-electron chi connectivity index (χ2n) is 5.31. The molecule has 0 aliphatic rings. The predicted octanol–water partition coefficient (Wildman–Crippen LogP) is 3.50. The Hall–Kier alpha value is -0.740. The summed E-state index contributed by atoms with van der Waals surface area (Å²) in [6.45, 7) is 8.94. The van der Waals surface area contributed by atoms with Gasteiger partial charge in [0.25, 0.3) is 0 Å². The van der Waals surface area contributed by atoms with Gasteiger partial charge in [-0.25, -0.2) is 0 Å². The molecule has 0 aliphatic heterocycles. The van der Waals surface area contributed by atoms with Crippen LogP contribution in [0.25, 0.3) is 0 Å². The zero-order valence-electron chi connectivity index (χ0n) is 12.5. The van der Waals surface area contributed by atoms with E-state index in [-0.39, 0.29) is 15.8 Å². The van der Waals surface area contributed by atoms with E-state index < -0.39 is 6.10 Å². The third-order valence-corrected chi connectivity index (χ3v) is 6.17. The third kappa shape index (κ3) is 3.29. The van der Waals surface area contributed by atoms with Crippen molar-refractivity contribution in [3.05, 3.63) is 59.7 Å². The second-order valence-corrected chi connectivity index (χ2v) is 9.85. The Balaban J connectivity index is 2.50. The van der Waals surface area contributed by atoms with Gasteiger partial charge in [0.05, 0.1) is 0 Å². The molecule has 0 bridgehead atoms. The lowest BCUT2D eigenvalue weighted by molar-refractivity contribution is 0.222. The molecule has 0 aliphatic carbocycles. The first-order valence-corrected chi connectivity index (χ1v) is 11.2. The van der Waals surface area contributed by atoms with Crippen molar-refractivity contribution in [3.63, 3.8) is 0 Å². The number of hydrogen-bond acceptors (Lipinski definition) is 1. The zero-order valence-corrected chi connectivity index (χ0v) is 14.3. The van der Waals surface area contributed by atoms with Crippen LogP contribution in [0.3, 0.4) is 0 Å². The first-order chi connectivity index (χ1) is 9.52. The number of aliphatic hydroxyl groups is 1. The van der Waals surface area contributed by atoms with Crippen LogP contribution in [0.4, 0.5) is 0 Å². The summed E-state index contributed by atoms with van der Waals surface area (Å²) in [5.74, 6) is 0. The molecule has 20 heavy (non-hydrogen) atoms. The predicted molar refractivity (Wildman–Crippen MR) is 93.7 cm³/mol. The van der Waals surface area contributed by atoms with E-state index in [2.05, 4.69) is 63.1 Å². The van der Waals surface area contributed by atoms with Crippen molar-refractivity contribution in [3.8, 4) is 0 Å². The van der Waals surface area contributed by atoms with Crippen molar-refractivity contribution >= 4 is 26.5 Å². The highest BCUT2D eigenvalue weighted by Crippen LogP contribution is 2.33. The molecule has 1 N–H and O–H groups in total. The van der Waals surface area contributed by atoms with Gasteiger partial charge in [-0.2, -0.15) is 0 Å². The molecular formula is C17H22OP2. The summed E-state index contributed by atoms with van der Waals surface area (Å²) in [5.41, 5.74) is 2.13. The van der Waals surface area contributed by atoms with E-state index in [0.29, 0.717) is 0 Å². The van der Waals surface area contributed by atoms with Crippen molar-refractivity contribution in [2.24, 2.45) is 0 Å². The highest BCUT2D eigenvalue weighted by atomic mass is 31.1. The third-order valence-electron chi connectivity index (χ3n) is 3.43. The van der Waals surface area contributed by atoms with Crippen molar-refractivity contribution in [1.29, 1.82) is 0 Å². The van der Waals surface area contributed by atoms with Crippen molar-refractivity contribution in [2.45, 2.75) is 6.10 Å². The lowest BCUT2D eigenvalue weighted by atomic mass is 10.0. The lowest BCUT2D eigenvalue weighted by Gasteiger charge is -2.22. The number of rotatable bonds is 4. The second kappa shape index (κ2) is 6.81. The average Bonchev–Trinajstić information content (AvgIpc) is 2.46. The van der Waals surface area contributed by atoms with Gasteiger partial charge in [0, 0.05) is 0 Å². The van der Waals surface area contributed by atoms with Gasteiger partial charge in [-0.3, -0.25) is 0 Å². The van der Waals surface area contributed by atoms with E-state index in [1.807, 2.05) is 12.1 Å². The molecule has 1 nitrogen and oxygen atoms in total. The van der Waals surface area contributed by atoms with Crippen LogP contribution >= 0.6 is 15.8 Å². The molecule has 0 unspecified atom stereocenters. The first kappa shape index (κ1) is 15.6. The maximum atomic E-state index is 10.9.